The first-order valence-corrected chi connectivity index (χ1v) is 8.77. The van der Waals surface area contributed by atoms with Crippen LogP contribution in [0.1, 0.15) is 28.8 Å². The van der Waals surface area contributed by atoms with Crippen molar-refractivity contribution < 1.29 is 13.2 Å². The largest absolute Gasteiger partial charge is 0.350 e. The number of hydrogen-bond donors (Lipinski definition) is 3. The van der Waals surface area contributed by atoms with E-state index in [0.717, 1.165) is 24.7 Å². The van der Waals surface area contributed by atoms with Crippen molar-refractivity contribution in [3.8, 4) is 0 Å². The van der Waals surface area contributed by atoms with Crippen LogP contribution in [-0.2, 0) is 10.0 Å². The summed E-state index contributed by atoms with van der Waals surface area (Å²) in [6.45, 7) is 2.24. The molecule has 1 aromatic carbocycles. The quantitative estimate of drug-likeness (QED) is 0.724. The highest BCUT2D eigenvalue weighted by Gasteiger charge is 2.28. The zero-order valence-corrected chi connectivity index (χ0v) is 13.0. The second-order valence-electron chi connectivity index (χ2n) is 5.63. The van der Waals surface area contributed by atoms with Crippen molar-refractivity contribution >= 4 is 21.6 Å². The van der Waals surface area contributed by atoms with E-state index in [1.807, 2.05) is 6.92 Å². The SMILES string of the molecule is Cc1ccc(NS(C)(=O)=O)c(C(=O)NCC(N)C2CC2)c1. The molecular weight excluding hydrogens is 290 g/mol. The molecule has 0 saturated heterocycles. The molecule has 116 valence electrons. The first-order chi connectivity index (χ1) is 9.76. The van der Waals surface area contributed by atoms with Crippen molar-refractivity contribution in [2.45, 2.75) is 25.8 Å². The van der Waals surface area contributed by atoms with Crippen molar-refractivity contribution in [2.24, 2.45) is 11.7 Å². The van der Waals surface area contributed by atoms with E-state index in [2.05, 4.69) is 10.0 Å². The predicted octanol–water partition coefficient (Wildman–Crippen LogP) is 0.834. The molecule has 1 aromatic rings. The van der Waals surface area contributed by atoms with Gasteiger partial charge in [-0.3, -0.25) is 9.52 Å². The molecule has 1 atom stereocenters. The first-order valence-electron chi connectivity index (χ1n) is 6.88. The van der Waals surface area contributed by atoms with Gasteiger partial charge in [-0.25, -0.2) is 8.42 Å². The van der Waals surface area contributed by atoms with E-state index in [0.29, 0.717) is 18.0 Å². The summed E-state index contributed by atoms with van der Waals surface area (Å²) in [6, 6.07) is 4.96. The van der Waals surface area contributed by atoms with Gasteiger partial charge in [0.25, 0.3) is 5.91 Å². The summed E-state index contributed by atoms with van der Waals surface area (Å²) in [5.74, 6) is 0.178. The Labute approximate surface area is 125 Å². The molecule has 0 spiro atoms. The van der Waals surface area contributed by atoms with Gasteiger partial charge >= 0.3 is 0 Å². The number of carbonyl (C=O) groups is 1. The van der Waals surface area contributed by atoms with E-state index in [-0.39, 0.29) is 17.6 Å². The van der Waals surface area contributed by atoms with Crippen LogP contribution in [0.2, 0.25) is 0 Å². The minimum atomic E-state index is -3.44. The zero-order chi connectivity index (χ0) is 15.6. The third kappa shape index (κ3) is 4.71. The number of nitrogens with two attached hydrogens (primary N) is 1. The molecule has 0 heterocycles. The average molecular weight is 311 g/mol. The zero-order valence-electron chi connectivity index (χ0n) is 12.2. The van der Waals surface area contributed by atoms with Gasteiger partial charge in [-0.15, -0.1) is 0 Å². The number of sulfonamides is 1. The molecule has 1 fully saturated rings. The molecule has 1 aliphatic rings. The Hall–Kier alpha value is -1.60. The van der Waals surface area contributed by atoms with Crippen LogP contribution < -0.4 is 15.8 Å². The van der Waals surface area contributed by atoms with Crippen LogP contribution >= 0.6 is 0 Å². The van der Waals surface area contributed by atoms with E-state index >= 15 is 0 Å². The van der Waals surface area contributed by atoms with Crippen LogP contribution in [0.4, 0.5) is 5.69 Å². The van der Waals surface area contributed by atoms with Crippen LogP contribution in [0.3, 0.4) is 0 Å². The number of nitrogens with one attached hydrogen (secondary N) is 2. The van der Waals surface area contributed by atoms with Crippen LogP contribution in [0.5, 0.6) is 0 Å². The third-order valence-electron chi connectivity index (χ3n) is 3.44. The summed E-state index contributed by atoms with van der Waals surface area (Å²) in [4.78, 5) is 12.2. The van der Waals surface area contributed by atoms with Gasteiger partial charge in [0.1, 0.15) is 0 Å². The van der Waals surface area contributed by atoms with Gasteiger partial charge in [-0.05, 0) is 37.8 Å². The fraction of sp³-hybridized carbons (Fsp3) is 0.500. The summed E-state index contributed by atoms with van der Waals surface area (Å²) in [5, 5.41) is 2.77. The van der Waals surface area contributed by atoms with Crippen molar-refractivity contribution in [2.75, 3.05) is 17.5 Å². The molecule has 0 aromatic heterocycles. The first kappa shape index (κ1) is 15.8. The minimum absolute atomic E-state index is 0.0370. The molecule has 1 aliphatic carbocycles. The van der Waals surface area contributed by atoms with Crippen LogP contribution in [0.25, 0.3) is 0 Å². The van der Waals surface area contributed by atoms with Crippen LogP contribution in [-0.4, -0.2) is 33.2 Å². The van der Waals surface area contributed by atoms with E-state index in [1.54, 1.807) is 18.2 Å². The second kappa shape index (κ2) is 6.03. The minimum Gasteiger partial charge on any atom is -0.350 e. The Morgan fingerprint density at radius 1 is 1.43 bits per heavy atom. The topological polar surface area (TPSA) is 101 Å². The van der Waals surface area contributed by atoms with E-state index < -0.39 is 10.0 Å². The molecule has 4 N–H and O–H groups in total. The molecule has 6 nitrogen and oxygen atoms in total. The van der Waals surface area contributed by atoms with Gasteiger partial charge < -0.3 is 11.1 Å². The molecule has 2 rings (SSSR count). The number of amides is 1. The summed E-state index contributed by atoms with van der Waals surface area (Å²) in [6.07, 6.45) is 3.28. The van der Waals surface area contributed by atoms with E-state index in [9.17, 15) is 13.2 Å². The van der Waals surface area contributed by atoms with Gasteiger partial charge in [0.15, 0.2) is 0 Å². The monoisotopic (exact) mass is 311 g/mol. The van der Waals surface area contributed by atoms with Crippen LogP contribution in [0, 0.1) is 12.8 Å². The molecule has 1 unspecified atom stereocenters. The fourth-order valence-electron chi connectivity index (χ4n) is 2.13. The van der Waals surface area contributed by atoms with Crippen molar-refractivity contribution in [3.63, 3.8) is 0 Å². The van der Waals surface area contributed by atoms with E-state index in [4.69, 9.17) is 5.73 Å². The molecule has 0 radical (unpaired) electrons. The normalized spacial score (nSPS) is 16.3. The lowest BCUT2D eigenvalue weighted by Crippen LogP contribution is -2.38. The molecule has 1 saturated carbocycles. The molecule has 21 heavy (non-hydrogen) atoms. The average Bonchev–Trinajstić information content (AvgIpc) is 3.20. The number of anilines is 1. The van der Waals surface area contributed by atoms with Crippen LogP contribution in [0.15, 0.2) is 18.2 Å². The summed E-state index contributed by atoms with van der Waals surface area (Å²) in [7, 11) is -3.44. The highest BCUT2D eigenvalue weighted by molar-refractivity contribution is 7.92. The van der Waals surface area contributed by atoms with Crippen molar-refractivity contribution in [1.82, 2.24) is 5.32 Å². The highest BCUT2D eigenvalue weighted by atomic mass is 32.2. The maximum Gasteiger partial charge on any atom is 0.253 e. The third-order valence-corrected chi connectivity index (χ3v) is 4.03. The van der Waals surface area contributed by atoms with E-state index in [1.165, 1.54) is 0 Å². The summed E-state index contributed by atoms with van der Waals surface area (Å²) < 4.78 is 25.1. The molecule has 0 aliphatic heterocycles. The van der Waals surface area contributed by atoms with Gasteiger partial charge in [0.05, 0.1) is 17.5 Å². The van der Waals surface area contributed by atoms with Gasteiger partial charge in [-0.2, -0.15) is 0 Å². The number of rotatable bonds is 6. The molecular formula is C14H21N3O3S. The lowest BCUT2D eigenvalue weighted by atomic mass is 10.1. The van der Waals surface area contributed by atoms with Gasteiger partial charge in [0, 0.05) is 12.6 Å². The Morgan fingerprint density at radius 2 is 2.10 bits per heavy atom. The standard InChI is InChI=1S/C14H21N3O3S/c1-9-3-6-13(17-21(2,19)20)11(7-9)14(18)16-8-12(15)10-4-5-10/h3,6-7,10,12,17H,4-5,8,15H2,1-2H3,(H,16,18). The number of hydrogen-bond acceptors (Lipinski definition) is 4. The lowest BCUT2D eigenvalue weighted by molar-refractivity contribution is 0.0951. The maximum absolute atomic E-state index is 12.2. The number of carbonyl (C=O) groups excluding carboxylic acids is 1. The Bertz CT molecular complexity index is 639. The van der Waals surface area contributed by atoms with Crippen molar-refractivity contribution in [1.29, 1.82) is 0 Å². The summed E-state index contributed by atoms with van der Waals surface area (Å²) >= 11 is 0. The molecule has 7 heteroatoms. The number of benzene rings is 1. The predicted molar refractivity (Wildman–Crippen MR) is 82.7 cm³/mol. The summed E-state index contributed by atoms with van der Waals surface area (Å²) in [5.41, 5.74) is 7.42. The molecule has 0 bridgehead atoms. The Kier molecular flexibility index (Phi) is 4.53. The lowest BCUT2D eigenvalue weighted by Gasteiger charge is -2.14. The second-order valence-corrected chi connectivity index (χ2v) is 7.38. The fourth-order valence-corrected chi connectivity index (χ4v) is 2.71. The van der Waals surface area contributed by atoms with Gasteiger partial charge in [0.2, 0.25) is 10.0 Å². The number of aryl methyl sites for hydroxylation is 1. The van der Waals surface area contributed by atoms with Crippen molar-refractivity contribution in [3.05, 3.63) is 29.3 Å². The Balaban J connectivity index is 2.12. The maximum atomic E-state index is 12.2. The Morgan fingerprint density at radius 3 is 2.67 bits per heavy atom. The highest BCUT2D eigenvalue weighted by Crippen LogP contribution is 2.31. The molecule has 1 amide bonds. The van der Waals surface area contributed by atoms with Gasteiger partial charge in [-0.1, -0.05) is 11.6 Å². The smallest absolute Gasteiger partial charge is 0.253 e.